The average molecular weight is 281 g/mol. The molecule has 5 heteroatoms. The number of para-hydroxylation sites is 1. The fraction of sp³-hybridized carbons (Fsp3) is 0.312. The average Bonchev–Trinajstić information content (AvgIpc) is 2.93. The molecule has 0 saturated carbocycles. The summed E-state index contributed by atoms with van der Waals surface area (Å²) in [7, 11) is 0. The maximum Gasteiger partial charge on any atom is 0.168 e. The lowest BCUT2D eigenvalue weighted by Gasteiger charge is -2.07. The first-order chi connectivity index (χ1) is 10.3. The molecule has 2 heterocycles. The largest absolute Gasteiger partial charge is 0.369 e. The van der Waals surface area contributed by atoms with Gasteiger partial charge in [-0.2, -0.15) is 5.10 Å². The van der Waals surface area contributed by atoms with Gasteiger partial charge in [0, 0.05) is 6.54 Å². The van der Waals surface area contributed by atoms with E-state index in [0.717, 1.165) is 41.9 Å². The molecule has 0 saturated heterocycles. The van der Waals surface area contributed by atoms with E-state index in [-0.39, 0.29) is 0 Å². The monoisotopic (exact) mass is 281 g/mol. The molecule has 0 amide bonds. The molecule has 3 rings (SSSR count). The molecule has 0 aliphatic rings. The van der Waals surface area contributed by atoms with Crippen LogP contribution in [0.15, 0.2) is 36.8 Å². The van der Waals surface area contributed by atoms with E-state index in [0.29, 0.717) is 0 Å². The van der Waals surface area contributed by atoms with Gasteiger partial charge >= 0.3 is 0 Å². The molecule has 5 nitrogen and oxygen atoms in total. The molecule has 0 fully saturated rings. The molecule has 1 aromatic carbocycles. The van der Waals surface area contributed by atoms with Crippen molar-refractivity contribution < 1.29 is 0 Å². The van der Waals surface area contributed by atoms with E-state index in [2.05, 4.69) is 40.3 Å². The standard InChI is InChI=1S/C16H19N5/c1-3-4-9-17-15-13-10-20-21(16(13)19-11-18-15)14-8-6-5-7-12(14)2/h5-8,10-11H,3-4,9H2,1-2H3,(H,17,18,19). The van der Waals surface area contributed by atoms with Crippen LogP contribution in [-0.4, -0.2) is 26.3 Å². The van der Waals surface area contributed by atoms with Crippen molar-refractivity contribution in [1.82, 2.24) is 19.7 Å². The van der Waals surface area contributed by atoms with Gasteiger partial charge in [0.25, 0.3) is 0 Å². The molecule has 3 aromatic rings. The van der Waals surface area contributed by atoms with Crippen LogP contribution in [0, 0.1) is 6.92 Å². The number of hydrogen-bond acceptors (Lipinski definition) is 4. The summed E-state index contributed by atoms with van der Waals surface area (Å²) in [6.07, 6.45) is 5.70. The second-order valence-corrected chi connectivity index (χ2v) is 5.08. The Morgan fingerprint density at radius 1 is 1.19 bits per heavy atom. The Labute approximate surface area is 124 Å². The number of benzene rings is 1. The van der Waals surface area contributed by atoms with Gasteiger partial charge in [-0.1, -0.05) is 31.5 Å². The molecule has 21 heavy (non-hydrogen) atoms. The smallest absolute Gasteiger partial charge is 0.168 e. The predicted octanol–water partition coefficient (Wildman–Crippen LogP) is 3.34. The summed E-state index contributed by atoms with van der Waals surface area (Å²) in [5, 5.41) is 8.81. The highest BCUT2D eigenvalue weighted by atomic mass is 15.3. The normalized spacial score (nSPS) is 11.0. The van der Waals surface area contributed by atoms with Crippen molar-refractivity contribution in [1.29, 1.82) is 0 Å². The molecule has 0 bridgehead atoms. The number of fused-ring (bicyclic) bond motifs is 1. The summed E-state index contributed by atoms with van der Waals surface area (Å²) < 4.78 is 1.87. The molecule has 2 aromatic heterocycles. The van der Waals surface area contributed by atoms with E-state index in [1.54, 1.807) is 6.33 Å². The number of hydrogen-bond donors (Lipinski definition) is 1. The van der Waals surface area contributed by atoms with Crippen LogP contribution in [0.1, 0.15) is 25.3 Å². The van der Waals surface area contributed by atoms with Crippen molar-refractivity contribution in [2.24, 2.45) is 0 Å². The van der Waals surface area contributed by atoms with Crippen LogP contribution in [0.3, 0.4) is 0 Å². The SMILES string of the molecule is CCCCNc1ncnc2c1cnn2-c1ccccc1C. The van der Waals surface area contributed by atoms with Crippen molar-refractivity contribution in [3.8, 4) is 5.69 Å². The summed E-state index contributed by atoms with van der Waals surface area (Å²) in [5.41, 5.74) is 3.05. The first-order valence-electron chi connectivity index (χ1n) is 7.30. The number of unbranched alkanes of at least 4 members (excludes halogenated alkanes) is 1. The second kappa shape index (κ2) is 5.91. The van der Waals surface area contributed by atoms with Gasteiger partial charge in [0.2, 0.25) is 0 Å². The molecule has 0 aliphatic heterocycles. The van der Waals surface area contributed by atoms with Crippen LogP contribution >= 0.6 is 0 Å². The fourth-order valence-corrected chi connectivity index (χ4v) is 2.35. The molecular formula is C16H19N5. The predicted molar refractivity (Wildman–Crippen MR) is 84.8 cm³/mol. The van der Waals surface area contributed by atoms with E-state index in [1.165, 1.54) is 5.56 Å². The third-order valence-electron chi connectivity index (χ3n) is 3.53. The zero-order valence-electron chi connectivity index (χ0n) is 12.4. The van der Waals surface area contributed by atoms with Crippen molar-refractivity contribution in [2.45, 2.75) is 26.7 Å². The van der Waals surface area contributed by atoms with Gasteiger partial charge in [0.1, 0.15) is 12.1 Å². The van der Waals surface area contributed by atoms with Gasteiger partial charge in [-0.15, -0.1) is 0 Å². The van der Waals surface area contributed by atoms with Crippen LogP contribution in [0.5, 0.6) is 0 Å². The van der Waals surface area contributed by atoms with Crippen LogP contribution < -0.4 is 5.32 Å². The van der Waals surface area contributed by atoms with E-state index in [4.69, 9.17) is 0 Å². The molecule has 0 spiro atoms. The highest BCUT2D eigenvalue weighted by Crippen LogP contribution is 2.22. The molecular weight excluding hydrogens is 262 g/mol. The number of nitrogens with zero attached hydrogens (tertiary/aromatic N) is 4. The lowest BCUT2D eigenvalue weighted by atomic mass is 10.2. The van der Waals surface area contributed by atoms with Crippen LogP contribution in [0.4, 0.5) is 5.82 Å². The second-order valence-electron chi connectivity index (χ2n) is 5.08. The Bertz CT molecular complexity index is 747. The molecule has 0 unspecified atom stereocenters. The third kappa shape index (κ3) is 2.59. The van der Waals surface area contributed by atoms with E-state index in [1.807, 2.05) is 29.1 Å². The lowest BCUT2D eigenvalue weighted by molar-refractivity contribution is 0.831. The maximum atomic E-state index is 4.49. The zero-order valence-corrected chi connectivity index (χ0v) is 12.4. The van der Waals surface area contributed by atoms with E-state index in [9.17, 15) is 0 Å². The van der Waals surface area contributed by atoms with Crippen molar-refractivity contribution >= 4 is 16.9 Å². The Hall–Kier alpha value is -2.43. The topological polar surface area (TPSA) is 55.6 Å². The van der Waals surface area contributed by atoms with Gasteiger partial charge in [-0.3, -0.25) is 0 Å². The first-order valence-corrected chi connectivity index (χ1v) is 7.30. The third-order valence-corrected chi connectivity index (χ3v) is 3.53. The summed E-state index contributed by atoms with van der Waals surface area (Å²) in [4.78, 5) is 8.73. The van der Waals surface area contributed by atoms with E-state index >= 15 is 0 Å². The first kappa shape index (κ1) is 13.5. The van der Waals surface area contributed by atoms with E-state index < -0.39 is 0 Å². The van der Waals surface area contributed by atoms with Crippen molar-refractivity contribution in [3.63, 3.8) is 0 Å². The number of rotatable bonds is 5. The highest BCUT2D eigenvalue weighted by Gasteiger charge is 2.11. The van der Waals surface area contributed by atoms with Gasteiger partial charge in [0.05, 0.1) is 17.3 Å². The lowest BCUT2D eigenvalue weighted by Crippen LogP contribution is -2.04. The molecule has 1 N–H and O–H groups in total. The van der Waals surface area contributed by atoms with Crippen LogP contribution in [-0.2, 0) is 0 Å². The van der Waals surface area contributed by atoms with Crippen molar-refractivity contribution in [2.75, 3.05) is 11.9 Å². The quantitative estimate of drug-likeness (QED) is 0.729. The minimum Gasteiger partial charge on any atom is -0.369 e. The summed E-state index contributed by atoms with van der Waals surface area (Å²) in [6.45, 7) is 5.16. The molecule has 0 atom stereocenters. The highest BCUT2D eigenvalue weighted by molar-refractivity contribution is 5.87. The fourth-order valence-electron chi connectivity index (χ4n) is 2.35. The van der Waals surface area contributed by atoms with Gasteiger partial charge in [-0.25, -0.2) is 14.6 Å². The summed E-state index contributed by atoms with van der Waals surface area (Å²) >= 11 is 0. The minimum atomic E-state index is 0.832. The van der Waals surface area contributed by atoms with Gasteiger partial charge in [0.15, 0.2) is 5.65 Å². The van der Waals surface area contributed by atoms with Crippen molar-refractivity contribution in [3.05, 3.63) is 42.4 Å². The van der Waals surface area contributed by atoms with Gasteiger partial charge < -0.3 is 5.32 Å². The van der Waals surface area contributed by atoms with Gasteiger partial charge in [-0.05, 0) is 25.0 Å². The van der Waals surface area contributed by atoms with Crippen LogP contribution in [0.25, 0.3) is 16.7 Å². The molecule has 108 valence electrons. The molecule has 0 radical (unpaired) electrons. The summed E-state index contributed by atoms with van der Waals surface area (Å²) in [6, 6.07) is 8.16. The zero-order chi connectivity index (χ0) is 14.7. The Morgan fingerprint density at radius 2 is 2.05 bits per heavy atom. The number of anilines is 1. The Kier molecular flexibility index (Phi) is 3.81. The Morgan fingerprint density at radius 3 is 2.86 bits per heavy atom. The maximum absolute atomic E-state index is 4.49. The number of nitrogens with one attached hydrogen (secondary N) is 1. The molecule has 0 aliphatic carbocycles. The minimum absolute atomic E-state index is 0.832. The summed E-state index contributed by atoms with van der Waals surface area (Å²) in [5.74, 6) is 0.855. The number of aromatic nitrogens is 4. The van der Waals surface area contributed by atoms with Crippen LogP contribution in [0.2, 0.25) is 0 Å². The Balaban J connectivity index is 2.03. The number of aryl methyl sites for hydroxylation is 1.